The molecule has 5 nitrogen and oxygen atoms in total. The molecule has 1 unspecified atom stereocenters. The second-order valence-electron chi connectivity index (χ2n) is 4.88. The molecule has 6 heteroatoms. The minimum Gasteiger partial charge on any atom is -0.467 e. The van der Waals surface area contributed by atoms with E-state index >= 15 is 0 Å². The van der Waals surface area contributed by atoms with Crippen molar-refractivity contribution in [3.05, 3.63) is 24.2 Å². The Kier molecular flexibility index (Phi) is 7.98. The van der Waals surface area contributed by atoms with E-state index in [1.807, 2.05) is 6.92 Å². The lowest BCUT2D eigenvalue weighted by Crippen LogP contribution is -2.42. The first-order chi connectivity index (χ1) is 9.29. The van der Waals surface area contributed by atoms with Crippen molar-refractivity contribution >= 4 is 29.9 Å². The van der Waals surface area contributed by atoms with E-state index < -0.39 is 6.10 Å². The molecule has 2 rings (SSSR count). The van der Waals surface area contributed by atoms with Gasteiger partial charge in [0.25, 0.3) is 0 Å². The van der Waals surface area contributed by atoms with Gasteiger partial charge in [-0.2, -0.15) is 0 Å². The molecule has 114 valence electrons. The van der Waals surface area contributed by atoms with Crippen LogP contribution in [0.1, 0.15) is 44.5 Å². The number of aliphatic hydroxyl groups is 1. The summed E-state index contributed by atoms with van der Waals surface area (Å²) in [5.41, 5.74) is 0. The van der Waals surface area contributed by atoms with Crippen LogP contribution < -0.4 is 10.6 Å². The van der Waals surface area contributed by atoms with Gasteiger partial charge in [-0.1, -0.05) is 12.8 Å². The molecule has 0 aliphatic heterocycles. The van der Waals surface area contributed by atoms with E-state index in [0.717, 1.165) is 12.5 Å². The largest absolute Gasteiger partial charge is 0.467 e. The third-order valence-corrected chi connectivity index (χ3v) is 3.33. The highest BCUT2D eigenvalue weighted by atomic mass is 127. The monoisotopic (exact) mass is 393 g/mol. The molecule has 0 radical (unpaired) electrons. The van der Waals surface area contributed by atoms with Crippen LogP contribution in [0.15, 0.2) is 27.8 Å². The summed E-state index contributed by atoms with van der Waals surface area (Å²) in [5, 5.41) is 16.6. The Morgan fingerprint density at radius 1 is 1.50 bits per heavy atom. The molecule has 1 fully saturated rings. The molecule has 3 N–H and O–H groups in total. The van der Waals surface area contributed by atoms with Gasteiger partial charge in [0.1, 0.15) is 11.9 Å². The summed E-state index contributed by atoms with van der Waals surface area (Å²) in [4.78, 5) is 4.42. The number of nitrogens with one attached hydrogen (secondary N) is 2. The molecule has 0 amide bonds. The molecule has 1 atom stereocenters. The van der Waals surface area contributed by atoms with E-state index in [1.165, 1.54) is 25.7 Å². The summed E-state index contributed by atoms with van der Waals surface area (Å²) in [6.07, 6.45) is 5.84. The van der Waals surface area contributed by atoms with Crippen LogP contribution in [0.3, 0.4) is 0 Å². The maximum atomic E-state index is 9.93. The highest BCUT2D eigenvalue weighted by Gasteiger charge is 2.16. The van der Waals surface area contributed by atoms with Gasteiger partial charge in [0, 0.05) is 12.6 Å². The van der Waals surface area contributed by atoms with Crippen molar-refractivity contribution in [2.75, 3.05) is 13.1 Å². The van der Waals surface area contributed by atoms with Crippen molar-refractivity contribution in [2.24, 2.45) is 4.99 Å². The van der Waals surface area contributed by atoms with Gasteiger partial charge in [0.05, 0.1) is 12.8 Å². The van der Waals surface area contributed by atoms with E-state index in [4.69, 9.17) is 4.42 Å². The van der Waals surface area contributed by atoms with Crippen molar-refractivity contribution in [3.8, 4) is 0 Å². The Balaban J connectivity index is 0.00000200. The summed E-state index contributed by atoms with van der Waals surface area (Å²) < 4.78 is 5.16. The number of nitrogens with zero attached hydrogens (tertiary/aromatic N) is 1. The third kappa shape index (κ3) is 5.32. The summed E-state index contributed by atoms with van der Waals surface area (Å²) in [6, 6.07) is 4.04. The Morgan fingerprint density at radius 3 is 2.85 bits per heavy atom. The molecule has 1 aromatic heterocycles. The lowest BCUT2D eigenvalue weighted by Gasteiger charge is -2.17. The van der Waals surface area contributed by atoms with Gasteiger partial charge in [-0.25, -0.2) is 0 Å². The topological polar surface area (TPSA) is 69.8 Å². The van der Waals surface area contributed by atoms with Crippen LogP contribution in [0.25, 0.3) is 0 Å². The quantitative estimate of drug-likeness (QED) is 0.408. The van der Waals surface area contributed by atoms with Crippen LogP contribution in [-0.2, 0) is 0 Å². The molecule has 1 aliphatic carbocycles. The number of aliphatic hydroxyl groups excluding tert-OH is 1. The summed E-state index contributed by atoms with van der Waals surface area (Å²) in [6.45, 7) is 3.15. The maximum absolute atomic E-state index is 9.93. The van der Waals surface area contributed by atoms with Gasteiger partial charge in [-0.05, 0) is 31.9 Å². The molecule has 1 aromatic rings. The van der Waals surface area contributed by atoms with E-state index in [2.05, 4.69) is 15.6 Å². The SMILES string of the molecule is CCNC(=NCC(O)c1ccco1)NC1CCCC1.I. The fourth-order valence-electron chi connectivity index (χ4n) is 2.33. The second kappa shape index (κ2) is 9.23. The molecular formula is C14H24IN3O2. The zero-order valence-corrected chi connectivity index (χ0v) is 14.2. The lowest BCUT2D eigenvalue weighted by atomic mass is 10.2. The van der Waals surface area contributed by atoms with Gasteiger partial charge < -0.3 is 20.2 Å². The van der Waals surface area contributed by atoms with Crippen molar-refractivity contribution < 1.29 is 9.52 Å². The summed E-state index contributed by atoms with van der Waals surface area (Å²) in [7, 11) is 0. The number of guanidine groups is 1. The lowest BCUT2D eigenvalue weighted by molar-refractivity contribution is 0.158. The van der Waals surface area contributed by atoms with Gasteiger partial charge >= 0.3 is 0 Å². The number of furan rings is 1. The fraction of sp³-hybridized carbons (Fsp3) is 0.643. The van der Waals surface area contributed by atoms with Gasteiger partial charge in [0.15, 0.2) is 5.96 Å². The average Bonchev–Trinajstić information content (AvgIpc) is 3.08. The summed E-state index contributed by atoms with van der Waals surface area (Å²) >= 11 is 0. The van der Waals surface area contributed by atoms with Gasteiger partial charge in [0.2, 0.25) is 0 Å². The van der Waals surface area contributed by atoms with Crippen molar-refractivity contribution in [3.63, 3.8) is 0 Å². The highest BCUT2D eigenvalue weighted by molar-refractivity contribution is 14.0. The van der Waals surface area contributed by atoms with E-state index in [9.17, 15) is 5.11 Å². The predicted octanol–water partition coefficient (Wildman–Crippen LogP) is 2.43. The zero-order valence-electron chi connectivity index (χ0n) is 11.8. The van der Waals surface area contributed by atoms with Crippen molar-refractivity contribution in [1.82, 2.24) is 10.6 Å². The van der Waals surface area contributed by atoms with Crippen LogP contribution in [-0.4, -0.2) is 30.2 Å². The first-order valence-corrected chi connectivity index (χ1v) is 7.06. The molecule has 0 spiro atoms. The predicted molar refractivity (Wildman–Crippen MR) is 90.5 cm³/mol. The first kappa shape index (κ1) is 17.3. The average molecular weight is 393 g/mol. The molecule has 1 saturated carbocycles. The Morgan fingerprint density at radius 2 is 2.25 bits per heavy atom. The van der Waals surface area contributed by atoms with Gasteiger partial charge in [-0.3, -0.25) is 4.99 Å². The fourth-order valence-corrected chi connectivity index (χ4v) is 2.33. The number of aliphatic imine (C=N–C) groups is 1. The van der Waals surface area contributed by atoms with E-state index in [-0.39, 0.29) is 24.0 Å². The molecule has 0 aromatic carbocycles. The molecular weight excluding hydrogens is 369 g/mol. The van der Waals surface area contributed by atoms with E-state index in [1.54, 1.807) is 18.4 Å². The van der Waals surface area contributed by atoms with Crippen molar-refractivity contribution in [1.29, 1.82) is 0 Å². The van der Waals surface area contributed by atoms with Crippen LogP contribution >= 0.6 is 24.0 Å². The third-order valence-electron chi connectivity index (χ3n) is 3.33. The smallest absolute Gasteiger partial charge is 0.191 e. The Bertz CT molecular complexity index is 389. The highest BCUT2D eigenvalue weighted by Crippen LogP contribution is 2.17. The second-order valence-corrected chi connectivity index (χ2v) is 4.88. The van der Waals surface area contributed by atoms with Crippen LogP contribution in [0.4, 0.5) is 0 Å². The maximum Gasteiger partial charge on any atom is 0.191 e. The normalized spacial score (nSPS) is 17.6. The van der Waals surface area contributed by atoms with Gasteiger partial charge in [-0.15, -0.1) is 24.0 Å². The minimum absolute atomic E-state index is 0. The molecule has 0 bridgehead atoms. The molecule has 20 heavy (non-hydrogen) atoms. The Labute approximate surface area is 137 Å². The number of halogens is 1. The van der Waals surface area contributed by atoms with Crippen LogP contribution in [0.2, 0.25) is 0 Å². The van der Waals surface area contributed by atoms with Crippen LogP contribution in [0, 0.1) is 0 Å². The molecule has 1 aliphatic rings. The standard InChI is InChI=1S/C14H23N3O2.HI/c1-2-15-14(17-11-6-3-4-7-11)16-10-12(18)13-8-5-9-19-13;/h5,8-9,11-12,18H,2-4,6-7,10H2,1H3,(H2,15,16,17);1H. The summed E-state index contributed by atoms with van der Waals surface area (Å²) in [5.74, 6) is 1.33. The van der Waals surface area contributed by atoms with Crippen molar-refractivity contribution in [2.45, 2.75) is 44.8 Å². The molecule has 1 heterocycles. The number of hydrogen-bond acceptors (Lipinski definition) is 3. The first-order valence-electron chi connectivity index (χ1n) is 7.06. The van der Waals surface area contributed by atoms with Crippen LogP contribution in [0.5, 0.6) is 0 Å². The number of rotatable bonds is 5. The zero-order chi connectivity index (χ0) is 13.5. The Hall–Kier alpha value is -0.760. The molecule has 0 saturated heterocycles. The van der Waals surface area contributed by atoms with E-state index in [0.29, 0.717) is 18.3 Å². The minimum atomic E-state index is -0.686. The number of hydrogen-bond donors (Lipinski definition) is 3.